The van der Waals surface area contributed by atoms with Crippen molar-refractivity contribution in [3.05, 3.63) is 29.3 Å². The van der Waals surface area contributed by atoms with Gasteiger partial charge in [0.2, 0.25) is 11.8 Å². The first-order chi connectivity index (χ1) is 11.0. The zero-order chi connectivity index (χ0) is 16.6. The molecule has 1 heterocycles. The Kier molecular flexibility index (Phi) is 4.60. The maximum atomic E-state index is 12.7. The number of rotatable bonds is 3. The maximum absolute atomic E-state index is 12.7. The van der Waals surface area contributed by atoms with E-state index in [1.165, 1.54) is 0 Å². The number of nitrogens with zero attached hydrogens (tertiary/aromatic N) is 2. The quantitative estimate of drug-likeness (QED) is 0.919. The van der Waals surface area contributed by atoms with Crippen molar-refractivity contribution in [1.29, 1.82) is 0 Å². The third-order valence-corrected chi connectivity index (χ3v) is 5.34. The highest BCUT2D eigenvalue weighted by molar-refractivity contribution is 6.34. The molecular weight excluding hydrogens is 314 g/mol. The summed E-state index contributed by atoms with van der Waals surface area (Å²) < 4.78 is 0. The molecule has 124 valence electrons. The third-order valence-electron chi connectivity index (χ3n) is 5.02. The first kappa shape index (κ1) is 16.3. The topological polar surface area (TPSA) is 66.6 Å². The summed E-state index contributed by atoms with van der Waals surface area (Å²) in [5.41, 5.74) is 6.74. The SMILES string of the molecule is CN(C(=O)[C@@H]1CCC[C@H]1N)[C@H]1CCN(c2ccccc2Cl)C1=O. The molecule has 0 aromatic heterocycles. The average Bonchev–Trinajstić information content (AvgIpc) is 3.12. The zero-order valence-corrected chi connectivity index (χ0v) is 14.0. The predicted molar refractivity (Wildman–Crippen MR) is 90.3 cm³/mol. The Morgan fingerprint density at radius 1 is 1.30 bits per heavy atom. The highest BCUT2D eigenvalue weighted by Gasteiger charge is 2.41. The van der Waals surface area contributed by atoms with Gasteiger partial charge in [0.15, 0.2) is 0 Å². The normalized spacial score (nSPS) is 27.5. The molecule has 1 saturated carbocycles. The van der Waals surface area contributed by atoms with E-state index in [4.69, 9.17) is 17.3 Å². The van der Waals surface area contributed by atoms with Gasteiger partial charge in [0, 0.05) is 19.6 Å². The molecule has 5 nitrogen and oxygen atoms in total. The Hall–Kier alpha value is -1.59. The van der Waals surface area contributed by atoms with Crippen molar-refractivity contribution in [2.45, 2.75) is 37.8 Å². The fourth-order valence-corrected chi connectivity index (χ4v) is 3.88. The standard InChI is InChI=1S/C17H22ClN3O2/c1-20(16(22)11-5-4-7-13(11)19)15-9-10-21(17(15)23)14-8-3-2-6-12(14)18/h2-3,6,8,11,13,15H,4-5,7,9-10,19H2,1H3/t11-,13-,15+/m1/s1. The van der Waals surface area contributed by atoms with Gasteiger partial charge in [-0.2, -0.15) is 0 Å². The van der Waals surface area contributed by atoms with Gasteiger partial charge in [-0.05, 0) is 31.4 Å². The molecule has 1 aromatic rings. The molecule has 23 heavy (non-hydrogen) atoms. The van der Waals surface area contributed by atoms with Crippen molar-refractivity contribution >= 4 is 29.1 Å². The van der Waals surface area contributed by atoms with Crippen LogP contribution in [-0.2, 0) is 9.59 Å². The summed E-state index contributed by atoms with van der Waals surface area (Å²) in [5.74, 6) is -0.225. The summed E-state index contributed by atoms with van der Waals surface area (Å²) in [5, 5.41) is 0.549. The van der Waals surface area contributed by atoms with Crippen LogP contribution in [-0.4, -0.2) is 42.4 Å². The van der Waals surface area contributed by atoms with E-state index in [1.54, 1.807) is 22.9 Å². The Balaban J connectivity index is 1.74. The molecule has 2 fully saturated rings. The number of para-hydroxylation sites is 1. The molecule has 0 radical (unpaired) electrons. The van der Waals surface area contributed by atoms with E-state index in [1.807, 2.05) is 18.2 Å². The molecule has 2 amide bonds. The van der Waals surface area contributed by atoms with E-state index in [2.05, 4.69) is 0 Å². The fraction of sp³-hybridized carbons (Fsp3) is 0.529. The zero-order valence-electron chi connectivity index (χ0n) is 13.2. The van der Waals surface area contributed by atoms with Gasteiger partial charge in [-0.25, -0.2) is 0 Å². The Morgan fingerprint density at radius 2 is 2.04 bits per heavy atom. The van der Waals surface area contributed by atoms with Gasteiger partial charge in [-0.3, -0.25) is 9.59 Å². The van der Waals surface area contributed by atoms with E-state index in [0.29, 0.717) is 23.7 Å². The molecule has 6 heteroatoms. The van der Waals surface area contributed by atoms with Crippen LogP contribution in [0.15, 0.2) is 24.3 Å². The summed E-state index contributed by atoms with van der Waals surface area (Å²) in [4.78, 5) is 28.7. The molecule has 1 aromatic carbocycles. The lowest BCUT2D eigenvalue weighted by Gasteiger charge is -2.28. The minimum atomic E-state index is -0.424. The van der Waals surface area contributed by atoms with Crippen molar-refractivity contribution in [2.75, 3.05) is 18.5 Å². The van der Waals surface area contributed by atoms with Gasteiger partial charge >= 0.3 is 0 Å². The second-order valence-corrected chi connectivity index (χ2v) is 6.80. The lowest BCUT2D eigenvalue weighted by molar-refractivity contribution is -0.140. The second kappa shape index (κ2) is 6.49. The van der Waals surface area contributed by atoms with E-state index in [0.717, 1.165) is 19.3 Å². The van der Waals surface area contributed by atoms with E-state index in [-0.39, 0.29) is 23.8 Å². The van der Waals surface area contributed by atoms with Crippen LogP contribution in [0.3, 0.4) is 0 Å². The molecule has 1 aliphatic heterocycles. The number of benzene rings is 1. The summed E-state index contributed by atoms with van der Waals surface area (Å²) in [6.07, 6.45) is 3.30. The smallest absolute Gasteiger partial charge is 0.249 e. The van der Waals surface area contributed by atoms with Gasteiger partial charge in [-0.15, -0.1) is 0 Å². The molecule has 2 N–H and O–H groups in total. The molecule has 3 rings (SSSR count). The van der Waals surface area contributed by atoms with Crippen LogP contribution < -0.4 is 10.6 Å². The minimum Gasteiger partial charge on any atom is -0.333 e. The third kappa shape index (κ3) is 2.95. The molecule has 2 aliphatic rings. The van der Waals surface area contributed by atoms with Crippen LogP contribution in [0.1, 0.15) is 25.7 Å². The number of hydrogen-bond donors (Lipinski definition) is 1. The Labute approximate surface area is 141 Å². The molecule has 0 unspecified atom stereocenters. The van der Waals surface area contributed by atoms with Crippen molar-refractivity contribution in [1.82, 2.24) is 4.90 Å². The summed E-state index contributed by atoms with van der Waals surface area (Å²) >= 11 is 6.19. The lowest BCUT2D eigenvalue weighted by atomic mass is 10.0. The van der Waals surface area contributed by atoms with Crippen LogP contribution in [0.25, 0.3) is 0 Å². The molecule has 0 spiro atoms. The highest BCUT2D eigenvalue weighted by Crippen LogP contribution is 2.32. The van der Waals surface area contributed by atoms with Crippen molar-refractivity contribution in [3.63, 3.8) is 0 Å². The monoisotopic (exact) mass is 335 g/mol. The van der Waals surface area contributed by atoms with E-state index >= 15 is 0 Å². The maximum Gasteiger partial charge on any atom is 0.249 e. The number of carbonyl (C=O) groups is 2. The van der Waals surface area contributed by atoms with Gasteiger partial charge in [0.1, 0.15) is 6.04 Å². The first-order valence-corrected chi connectivity index (χ1v) is 8.46. The van der Waals surface area contributed by atoms with Crippen LogP contribution in [0.4, 0.5) is 5.69 Å². The summed E-state index contributed by atoms with van der Waals surface area (Å²) in [6, 6.07) is 6.78. The average molecular weight is 336 g/mol. The Bertz CT molecular complexity index is 622. The Morgan fingerprint density at radius 3 is 2.70 bits per heavy atom. The van der Waals surface area contributed by atoms with Crippen LogP contribution >= 0.6 is 11.6 Å². The second-order valence-electron chi connectivity index (χ2n) is 6.40. The van der Waals surface area contributed by atoms with Crippen molar-refractivity contribution < 1.29 is 9.59 Å². The van der Waals surface area contributed by atoms with E-state index in [9.17, 15) is 9.59 Å². The largest absolute Gasteiger partial charge is 0.333 e. The molecular formula is C17H22ClN3O2. The lowest BCUT2D eigenvalue weighted by Crippen LogP contribution is -2.47. The summed E-state index contributed by atoms with van der Waals surface area (Å²) in [7, 11) is 1.71. The molecule has 0 bridgehead atoms. The van der Waals surface area contributed by atoms with Gasteiger partial charge in [0.05, 0.1) is 16.6 Å². The number of halogens is 1. The number of nitrogens with two attached hydrogens (primary N) is 1. The molecule has 1 aliphatic carbocycles. The van der Waals surface area contributed by atoms with Gasteiger partial charge in [0.25, 0.3) is 0 Å². The van der Waals surface area contributed by atoms with Crippen molar-refractivity contribution in [3.8, 4) is 0 Å². The number of anilines is 1. The van der Waals surface area contributed by atoms with Gasteiger partial charge < -0.3 is 15.5 Å². The number of likely N-dealkylation sites (N-methyl/N-ethyl adjacent to an activating group) is 1. The van der Waals surface area contributed by atoms with Crippen LogP contribution in [0.5, 0.6) is 0 Å². The number of amides is 2. The first-order valence-electron chi connectivity index (χ1n) is 8.09. The minimum absolute atomic E-state index is 0.00522. The summed E-state index contributed by atoms with van der Waals surface area (Å²) in [6.45, 7) is 0.571. The molecule has 1 saturated heterocycles. The van der Waals surface area contributed by atoms with Crippen LogP contribution in [0, 0.1) is 5.92 Å². The highest BCUT2D eigenvalue weighted by atomic mass is 35.5. The van der Waals surface area contributed by atoms with Gasteiger partial charge in [-0.1, -0.05) is 30.2 Å². The predicted octanol–water partition coefficient (Wildman–Crippen LogP) is 2.03. The fourth-order valence-electron chi connectivity index (χ4n) is 3.64. The molecule has 3 atom stereocenters. The van der Waals surface area contributed by atoms with E-state index < -0.39 is 6.04 Å². The number of carbonyl (C=O) groups excluding carboxylic acids is 2. The number of hydrogen-bond acceptors (Lipinski definition) is 3. The van der Waals surface area contributed by atoms with Crippen molar-refractivity contribution in [2.24, 2.45) is 11.7 Å². The van der Waals surface area contributed by atoms with Crippen LogP contribution in [0.2, 0.25) is 5.02 Å².